The van der Waals surface area contributed by atoms with Crippen molar-refractivity contribution < 1.29 is 4.74 Å². The van der Waals surface area contributed by atoms with Gasteiger partial charge < -0.3 is 10.1 Å². The highest BCUT2D eigenvalue weighted by molar-refractivity contribution is 7.59. The fraction of sp³-hybridized carbons (Fsp3) is 1.00. The lowest BCUT2D eigenvalue weighted by atomic mass is 10.3. The number of morpholine rings is 1. The molecule has 1 aliphatic rings. The van der Waals surface area contributed by atoms with Crippen molar-refractivity contribution in [2.45, 2.75) is 26.1 Å². The second kappa shape index (κ2) is 4.14. The molecule has 0 aliphatic carbocycles. The topological polar surface area (TPSA) is 21.3 Å². The summed E-state index contributed by atoms with van der Waals surface area (Å²) in [6, 6.07) is 0. The van der Waals surface area contributed by atoms with Gasteiger partial charge in [-0.15, -0.1) is 0 Å². The van der Waals surface area contributed by atoms with Crippen LogP contribution in [-0.2, 0) is 4.74 Å². The van der Waals surface area contributed by atoms with E-state index in [0.29, 0.717) is 12.2 Å². The van der Waals surface area contributed by atoms with E-state index in [0.717, 1.165) is 13.1 Å². The minimum Gasteiger partial charge on any atom is -0.373 e. The molecule has 0 aromatic carbocycles. The highest BCUT2D eigenvalue weighted by Gasteiger charge is 2.12. The monoisotopic (exact) mass is 149 g/mol. The molecule has 1 saturated heterocycles. The highest BCUT2D eigenvalue weighted by atomic mass is 32.1. The van der Waals surface area contributed by atoms with E-state index in [-0.39, 0.29) is 13.5 Å². The molecule has 9 heavy (non-hydrogen) atoms. The van der Waals surface area contributed by atoms with E-state index < -0.39 is 0 Å². The predicted molar refractivity (Wildman–Crippen MR) is 43.3 cm³/mol. The van der Waals surface area contributed by atoms with Crippen LogP contribution in [0.25, 0.3) is 0 Å². The molecular formula is C6H15NOS. The third kappa shape index (κ3) is 3.08. The lowest BCUT2D eigenvalue weighted by Gasteiger charge is -2.25. The summed E-state index contributed by atoms with van der Waals surface area (Å²) in [5, 5.41) is 3.26. The standard InChI is InChI=1S/C6H13NO.H2S/c1-5-3-7-4-6(2)8-5;/h5-7H,3-4H2,1-2H3;1H2/t5-,6+;. The van der Waals surface area contributed by atoms with Gasteiger partial charge in [0.2, 0.25) is 0 Å². The second-order valence-electron chi connectivity index (χ2n) is 2.42. The van der Waals surface area contributed by atoms with Gasteiger partial charge >= 0.3 is 0 Å². The third-order valence-electron chi connectivity index (χ3n) is 1.33. The first kappa shape index (κ1) is 9.27. The summed E-state index contributed by atoms with van der Waals surface area (Å²) >= 11 is 0. The maximum Gasteiger partial charge on any atom is 0.0675 e. The van der Waals surface area contributed by atoms with Crippen LogP contribution in [0.15, 0.2) is 0 Å². The predicted octanol–water partition coefficient (Wildman–Crippen LogP) is 0.496. The Kier molecular flexibility index (Phi) is 4.27. The van der Waals surface area contributed by atoms with Gasteiger partial charge in [-0.1, -0.05) is 0 Å². The minimum atomic E-state index is 0. The molecule has 0 bridgehead atoms. The number of hydrogen-bond donors (Lipinski definition) is 1. The molecule has 0 radical (unpaired) electrons. The minimum absolute atomic E-state index is 0. The van der Waals surface area contributed by atoms with Crippen LogP contribution >= 0.6 is 13.5 Å². The van der Waals surface area contributed by atoms with Crippen molar-refractivity contribution in [3.63, 3.8) is 0 Å². The molecule has 0 spiro atoms. The maximum absolute atomic E-state index is 5.42. The Morgan fingerprint density at radius 1 is 1.22 bits per heavy atom. The van der Waals surface area contributed by atoms with Crippen molar-refractivity contribution in [2.75, 3.05) is 13.1 Å². The fourth-order valence-electron chi connectivity index (χ4n) is 0.983. The first-order chi connectivity index (χ1) is 3.79. The molecule has 1 aliphatic heterocycles. The Bertz CT molecular complexity index is 71.5. The van der Waals surface area contributed by atoms with Crippen molar-refractivity contribution in [3.8, 4) is 0 Å². The highest BCUT2D eigenvalue weighted by Crippen LogP contribution is 2.00. The van der Waals surface area contributed by atoms with E-state index in [4.69, 9.17) is 4.74 Å². The molecule has 0 aromatic heterocycles. The molecule has 1 heterocycles. The fourth-order valence-corrected chi connectivity index (χ4v) is 0.983. The Balaban J connectivity index is 0.000000640. The maximum atomic E-state index is 5.42. The summed E-state index contributed by atoms with van der Waals surface area (Å²) in [5.74, 6) is 0. The van der Waals surface area contributed by atoms with Gasteiger partial charge in [-0.3, -0.25) is 0 Å². The quantitative estimate of drug-likeness (QED) is 0.541. The van der Waals surface area contributed by atoms with Crippen LogP contribution in [0, 0.1) is 0 Å². The molecule has 1 fully saturated rings. The summed E-state index contributed by atoms with van der Waals surface area (Å²) in [4.78, 5) is 0. The van der Waals surface area contributed by atoms with Crippen LogP contribution in [0.5, 0.6) is 0 Å². The van der Waals surface area contributed by atoms with Gasteiger partial charge in [-0.05, 0) is 13.8 Å². The molecule has 0 amide bonds. The Labute approximate surface area is 63.4 Å². The normalized spacial score (nSPS) is 35.3. The van der Waals surface area contributed by atoms with Crippen molar-refractivity contribution in [1.82, 2.24) is 5.32 Å². The zero-order chi connectivity index (χ0) is 5.98. The van der Waals surface area contributed by atoms with E-state index in [1.807, 2.05) is 0 Å². The average Bonchev–Trinajstić information content (AvgIpc) is 1.64. The largest absolute Gasteiger partial charge is 0.373 e. The van der Waals surface area contributed by atoms with E-state index in [1.165, 1.54) is 0 Å². The SMILES string of the molecule is C[C@@H]1CNC[C@H](C)O1.S. The molecule has 1 rings (SSSR count). The van der Waals surface area contributed by atoms with Crippen LogP contribution < -0.4 is 5.32 Å². The van der Waals surface area contributed by atoms with Gasteiger partial charge in [0.15, 0.2) is 0 Å². The van der Waals surface area contributed by atoms with Gasteiger partial charge in [0.05, 0.1) is 12.2 Å². The van der Waals surface area contributed by atoms with E-state index in [2.05, 4.69) is 19.2 Å². The third-order valence-corrected chi connectivity index (χ3v) is 1.33. The summed E-state index contributed by atoms with van der Waals surface area (Å²) in [6.45, 7) is 6.18. The van der Waals surface area contributed by atoms with Crippen LogP contribution in [0.3, 0.4) is 0 Å². The lowest BCUT2D eigenvalue weighted by molar-refractivity contribution is -0.0166. The molecule has 2 nitrogen and oxygen atoms in total. The Hall–Kier alpha value is 0.270. The molecule has 56 valence electrons. The average molecular weight is 149 g/mol. The van der Waals surface area contributed by atoms with Gasteiger partial charge in [0.25, 0.3) is 0 Å². The van der Waals surface area contributed by atoms with Crippen LogP contribution in [0.4, 0.5) is 0 Å². The summed E-state index contributed by atoms with van der Waals surface area (Å²) < 4.78 is 5.42. The lowest BCUT2D eigenvalue weighted by Crippen LogP contribution is -2.41. The molecule has 3 heteroatoms. The molecule has 0 saturated carbocycles. The number of hydrogen-bond acceptors (Lipinski definition) is 2. The Morgan fingerprint density at radius 2 is 1.67 bits per heavy atom. The van der Waals surface area contributed by atoms with Crippen LogP contribution in [0.1, 0.15) is 13.8 Å². The van der Waals surface area contributed by atoms with Crippen molar-refractivity contribution >= 4 is 13.5 Å². The van der Waals surface area contributed by atoms with Gasteiger partial charge in [0, 0.05) is 13.1 Å². The Morgan fingerprint density at radius 3 is 1.89 bits per heavy atom. The molecule has 0 aromatic rings. The zero-order valence-electron chi connectivity index (χ0n) is 5.98. The summed E-state index contributed by atoms with van der Waals surface area (Å²) in [5.41, 5.74) is 0. The van der Waals surface area contributed by atoms with E-state index >= 15 is 0 Å². The number of nitrogens with one attached hydrogen (secondary N) is 1. The van der Waals surface area contributed by atoms with Gasteiger partial charge in [-0.2, -0.15) is 13.5 Å². The van der Waals surface area contributed by atoms with Crippen molar-refractivity contribution in [1.29, 1.82) is 0 Å². The number of ether oxygens (including phenoxy) is 1. The molecule has 2 atom stereocenters. The first-order valence-electron chi connectivity index (χ1n) is 3.15. The summed E-state index contributed by atoms with van der Waals surface area (Å²) in [7, 11) is 0. The molecule has 1 N–H and O–H groups in total. The summed E-state index contributed by atoms with van der Waals surface area (Å²) in [6.07, 6.45) is 0.803. The van der Waals surface area contributed by atoms with Crippen LogP contribution in [0.2, 0.25) is 0 Å². The van der Waals surface area contributed by atoms with E-state index in [1.54, 1.807) is 0 Å². The molecular weight excluding hydrogens is 134 g/mol. The first-order valence-corrected chi connectivity index (χ1v) is 3.15. The molecule has 0 unspecified atom stereocenters. The number of rotatable bonds is 0. The second-order valence-corrected chi connectivity index (χ2v) is 2.42. The van der Waals surface area contributed by atoms with E-state index in [9.17, 15) is 0 Å². The van der Waals surface area contributed by atoms with Crippen molar-refractivity contribution in [2.24, 2.45) is 0 Å². The zero-order valence-corrected chi connectivity index (χ0v) is 6.98. The van der Waals surface area contributed by atoms with Gasteiger partial charge in [0.1, 0.15) is 0 Å². The smallest absolute Gasteiger partial charge is 0.0675 e. The van der Waals surface area contributed by atoms with Crippen molar-refractivity contribution in [3.05, 3.63) is 0 Å². The van der Waals surface area contributed by atoms with Gasteiger partial charge in [-0.25, -0.2) is 0 Å². The van der Waals surface area contributed by atoms with Crippen LogP contribution in [-0.4, -0.2) is 25.3 Å².